The lowest BCUT2D eigenvalue weighted by atomic mass is 10.2. The molecule has 0 fully saturated rings. The van der Waals surface area contributed by atoms with Crippen LogP contribution in [0.15, 0.2) is 15.7 Å². The Labute approximate surface area is 96.2 Å². The number of aliphatic imine (C=N–C) groups is 1. The minimum Gasteiger partial charge on any atom is -0.400 e. The highest BCUT2D eigenvalue weighted by Gasteiger charge is 2.13. The minimum absolute atomic E-state index is 0.599. The van der Waals surface area contributed by atoms with Crippen molar-refractivity contribution >= 4 is 17.3 Å². The van der Waals surface area contributed by atoms with E-state index in [4.69, 9.17) is 17.3 Å². The summed E-state index contributed by atoms with van der Waals surface area (Å²) >= 11 is 6.18. The van der Waals surface area contributed by atoms with E-state index in [-0.39, 0.29) is 0 Å². The van der Waals surface area contributed by atoms with Crippen LogP contribution in [0.1, 0.15) is 6.42 Å². The normalized spacial score (nSPS) is 20.6. The summed E-state index contributed by atoms with van der Waals surface area (Å²) < 4.78 is 0. The highest BCUT2D eigenvalue weighted by molar-refractivity contribution is 6.44. The second-order valence-electron chi connectivity index (χ2n) is 3.79. The van der Waals surface area contributed by atoms with Gasteiger partial charge in [0.15, 0.2) is 0 Å². The molecule has 0 aromatic carbocycles. The summed E-state index contributed by atoms with van der Waals surface area (Å²) in [5, 5.41) is 3.59. The Morgan fingerprint density at radius 2 is 2.40 bits per heavy atom. The van der Waals surface area contributed by atoms with Gasteiger partial charge in [-0.05, 0) is 20.5 Å². The third kappa shape index (κ3) is 3.81. The van der Waals surface area contributed by atoms with Crippen LogP contribution in [0.3, 0.4) is 0 Å². The van der Waals surface area contributed by atoms with Crippen LogP contribution in [0, 0.1) is 0 Å². The van der Waals surface area contributed by atoms with Crippen LogP contribution in [0.5, 0.6) is 0 Å². The van der Waals surface area contributed by atoms with Gasteiger partial charge in [0.2, 0.25) is 0 Å². The van der Waals surface area contributed by atoms with E-state index in [1.54, 1.807) is 0 Å². The number of nitrogens with two attached hydrogens (primary N) is 1. The average Bonchev–Trinajstić information content (AvgIpc) is 2.42. The van der Waals surface area contributed by atoms with E-state index in [1.807, 2.05) is 7.05 Å². The van der Waals surface area contributed by atoms with Gasteiger partial charge in [-0.25, -0.2) is 0 Å². The van der Waals surface area contributed by atoms with Crippen molar-refractivity contribution in [1.29, 1.82) is 0 Å². The Balaban J connectivity index is 2.76. The van der Waals surface area contributed by atoms with E-state index in [0.717, 1.165) is 31.8 Å². The number of nitrogens with zero attached hydrogens (tertiary/aromatic N) is 2. The molecule has 0 aromatic rings. The molecule has 1 heterocycles. The molecule has 0 radical (unpaired) electrons. The molecule has 0 saturated carbocycles. The van der Waals surface area contributed by atoms with Crippen molar-refractivity contribution < 1.29 is 0 Å². The maximum Gasteiger partial charge on any atom is 0.0830 e. The molecule has 0 bridgehead atoms. The van der Waals surface area contributed by atoms with Crippen molar-refractivity contribution in [1.82, 2.24) is 10.2 Å². The standard InChI is InChI=1S/C10H19ClN4/c1-13-6-8(12)10(11)9-7-15(2)5-3-4-14-9/h13H,3-7,12H2,1-2H3/b10-8+. The molecule has 0 aromatic heterocycles. The van der Waals surface area contributed by atoms with E-state index in [1.165, 1.54) is 0 Å². The molecule has 4 nitrogen and oxygen atoms in total. The second-order valence-corrected chi connectivity index (χ2v) is 4.17. The number of rotatable bonds is 3. The van der Waals surface area contributed by atoms with Gasteiger partial charge in [-0.15, -0.1) is 0 Å². The van der Waals surface area contributed by atoms with E-state index in [0.29, 0.717) is 17.3 Å². The molecule has 86 valence electrons. The first-order valence-corrected chi connectivity index (χ1v) is 5.54. The Hall–Kier alpha value is -0.580. The fourth-order valence-electron chi connectivity index (χ4n) is 1.53. The maximum atomic E-state index is 6.18. The highest BCUT2D eigenvalue weighted by Crippen LogP contribution is 2.11. The fourth-order valence-corrected chi connectivity index (χ4v) is 1.72. The fraction of sp³-hybridized carbons (Fsp3) is 0.700. The molecule has 1 aliphatic rings. The van der Waals surface area contributed by atoms with Crippen LogP contribution in [-0.2, 0) is 0 Å². The van der Waals surface area contributed by atoms with Crippen molar-refractivity contribution in [2.45, 2.75) is 6.42 Å². The summed E-state index contributed by atoms with van der Waals surface area (Å²) in [6, 6.07) is 0. The molecule has 1 rings (SSSR count). The predicted octanol–water partition coefficient (Wildman–Crippen LogP) is 0.391. The molecular weight excluding hydrogens is 212 g/mol. The number of likely N-dealkylation sites (N-methyl/N-ethyl adjacent to an activating group) is 1. The third-order valence-corrected chi connectivity index (χ3v) is 2.78. The summed E-state index contributed by atoms with van der Waals surface area (Å²) in [5.41, 5.74) is 7.41. The molecule has 15 heavy (non-hydrogen) atoms. The maximum absolute atomic E-state index is 6.18. The lowest BCUT2D eigenvalue weighted by Crippen LogP contribution is -2.27. The summed E-state index contributed by atoms with van der Waals surface area (Å²) in [7, 11) is 3.91. The molecule has 0 unspecified atom stereocenters. The van der Waals surface area contributed by atoms with E-state index < -0.39 is 0 Å². The summed E-state index contributed by atoms with van der Waals surface area (Å²) in [6.07, 6.45) is 1.08. The van der Waals surface area contributed by atoms with Gasteiger partial charge in [0.25, 0.3) is 0 Å². The van der Waals surface area contributed by atoms with E-state index in [2.05, 4.69) is 22.3 Å². The Morgan fingerprint density at radius 3 is 3.07 bits per heavy atom. The van der Waals surface area contributed by atoms with Crippen LogP contribution in [-0.4, -0.2) is 50.9 Å². The van der Waals surface area contributed by atoms with Gasteiger partial charge < -0.3 is 16.0 Å². The van der Waals surface area contributed by atoms with Gasteiger partial charge in [0.05, 0.1) is 10.7 Å². The first-order valence-electron chi connectivity index (χ1n) is 5.16. The molecule has 5 heteroatoms. The molecule has 3 N–H and O–H groups in total. The van der Waals surface area contributed by atoms with Crippen molar-refractivity contribution in [3.8, 4) is 0 Å². The monoisotopic (exact) mass is 230 g/mol. The minimum atomic E-state index is 0.599. The van der Waals surface area contributed by atoms with Gasteiger partial charge in [-0.1, -0.05) is 11.6 Å². The zero-order valence-electron chi connectivity index (χ0n) is 9.39. The summed E-state index contributed by atoms with van der Waals surface area (Å²) in [4.78, 5) is 6.66. The summed E-state index contributed by atoms with van der Waals surface area (Å²) in [5.74, 6) is 0. The lowest BCUT2D eigenvalue weighted by Gasteiger charge is -2.14. The molecular formula is C10H19ClN4. The average molecular weight is 231 g/mol. The zero-order chi connectivity index (χ0) is 11.3. The topological polar surface area (TPSA) is 53.6 Å². The second kappa shape index (κ2) is 6.10. The van der Waals surface area contributed by atoms with Crippen LogP contribution in [0.4, 0.5) is 0 Å². The number of hydrogen-bond donors (Lipinski definition) is 2. The first kappa shape index (κ1) is 12.5. The Kier molecular flexibility index (Phi) is 5.08. The molecule has 0 spiro atoms. The van der Waals surface area contributed by atoms with Crippen molar-refractivity contribution in [2.75, 3.05) is 40.3 Å². The van der Waals surface area contributed by atoms with Crippen molar-refractivity contribution in [2.24, 2.45) is 10.7 Å². The van der Waals surface area contributed by atoms with Gasteiger partial charge in [-0.3, -0.25) is 4.99 Å². The van der Waals surface area contributed by atoms with E-state index >= 15 is 0 Å². The smallest absolute Gasteiger partial charge is 0.0830 e. The Morgan fingerprint density at radius 1 is 1.67 bits per heavy atom. The lowest BCUT2D eigenvalue weighted by molar-refractivity contribution is 0.385. The zero-order valence-corrected chi connectivity index (χ0v) is 10.1. The highest BCUT2D eigenvalue weighted by atomic mass is 35.5. The molecule has 0 aliphatic carbocycles. The predicted molar refractivity (Wildman–Crippen MR) is 65.4 cm³/mol. The van der Waals surface area contributed by atoms with E-state index in [9.17, 15) is 0 Å². The van der Waals surface area contributed by atoms with Gasteiger partial charge in [0.1, 0.15) is 0 Å². The molecule has 0 saturated heterocycles. The largest absolute Gasteiger partial charge is 0.400 e. The Bertz CT molecular complexity index is 273. The van der Waals surface area contributed by atoms with Crippen molar-refractivity contribution in [3.63, 3.8) is 0 Å². The number of halogens is 1. The molecule has 0 amide bonds. The first-order chi connectivity index (χ1) is 7.15. The molecule has 1 aliphatic heterocycles. The van der Waals surface area contributed by atoms with Crippen LogP contribution in [0.2, 0.25) is 0 Å². The van der Waals surface area contributed by atoms with Gasteiger partial charge >= 0.3 is 0 Å². The number of nitrogens with one attached hydrogen (secondary N) is 1. The van der Waals surface area contributed by atoms with Crippen molar-refractivity contribution in [3.05, 3.63) is 10.7 Å². The van der Waals surface area contributed by atoms with Gasteiger partial charge in [0, 0.05) is 31.9 Å². The van der Waals surface area contributed by atoms with Crippen LogP contribution >= 0.6 is 11.6 Å². The number of hydrogen-bond acceptors (Lipinski definition) is 4. The summed E-state index contributed by atoms with van der Waals surface area (Å²) in [6.45, 7) is 3.27. The molecule has 0 atom stereocenters. The quantitative estimate of drug-likeness (QED) is 0.738. The van der Waals surface area contributed by atoms with Crippen LogP contribution in [0.25, 0.3) is 0 Å². The third-order valence-electron chi connectivity index (χ3n) is 2.32. The van der Waals surface area contributed by atoms with Crippen LogP contribution < -0.4 is 11.1 Å². The van der Waals surface area contributed by atoms with Gasteiger partial charge in [-0.2, -0.15) is 0 Å². The SMILES string of the molecule is CNC/C(N)=C(\Cl)C1=NCCCN(C)C1.